The van der Waals surface area contributed by atoms with Gasteiger partial charge in [-0.2, -0.15) is 0 Å². The van der Waals surface area contributed by atoms with E-state index in [-0.39, 0.29) is 18.0 Å². The lowest BCUT2D eigenvalue weighted by Gasteiger charge is -2.37. The van der Waals surface area contributed by atoms with Crippen molar-refractivity contribution < 1.29 is 0 Å². The van der Waals surface area contributed by atoms with E-state index in [4.69, 9.17) is 0 Å². The van der Waals surface area contributed by atoms with Crippen LogP contribution in [0.5, 0.6) is 0 Å². The molecule has 1 N–H and O–H groups in total. The molecule has 0 spiro atoms. The van der Waals surface area contributed by atoms with E-state index in [1.54, 1.807) is 6.07 Å². The normalized spacial score (nSPS) is 13.7. The molecule has 39 heavy (non-hydrogen) atoms. The Kier molecular flexibility index (Phi) is 10.3. The Hall–Kier alpha value is -3.87. The van der Waals surface area contributed by atoms with Gasteiger partial charge in [-0.1, -0.05) is 60.1 Å². The van der Waals surface area contributed by atoms with Crippen molar-refractivity contribution in [2.45, 2.75) is 25.3 Å². The average Bonchev–Trinajstić information content (AvgIpc) is 2.97. The van der Waals surface area contributed by atoms with Gasteiger partial charge in [-0.25, -0.2) is 0 Å². The molecule has 1 aliphatic heterocycles. The van der Waals surface area contributed by atoms with Crippen molar-refractivity contribution in [3.05, 3.63) is 112 Å². The molecule has 0 atom stereocenters. The fourth-order valence-corrected chi connectivity index (χ4v) is 4.94. The first-order valence-corrected chi connectivity index (χ1v) is 13.3. The van der Waals surface area contributed by atoms with Crippen molar-refractivity contribution in [2.75, 3.05) is 32.7 Å². The maximum absolute atomic E-state index is 11.8. The molecule has 0 aliphatic carbocycles. The molecule has 1 saturated heterocycles. The van der Waals surface area contributed by atoms with Crippen LogP contribution in [-0.2, 0) is 6.42 Å². The highest BCUT2D eigenvalue weighted by Crippen LogP contribution is 2.18. The minimum absolute atomic E-state index is 0. The molecule has 1 aliphatic rings. The summed E-state index contributed by atoms with van der Waals surface area (Å²) in [5.74, 6) is 13.4. The van der Waals surface area contributed by atoms with E-state index in [0.29, 0.717) is 19.1 Å². The van der Waals surface area contributed by atoms with Crippen molar-refractivity contribution in [3.8, 4) is 23.7 Å². The third-order valence-corrected chi connectivity index (χ3v) is 7.04. The molecular weight excluding hydrogens is 504 g/mol. The van der Waals surface area contributed by atoms with Crippen LogP contribution in [0.1, 0.15) is 29.7 Å². The first-order chi connectivity index (χ1) is 18.7. The van der Waals surface area contributed by atoms with Gasteiger partial charge in [-0.15, -0.1) is 12.4 Å². The molecule has 0 amide bonds. The van der Waals surface area contributed by atoms with E-state index in [1.165, 1.54) is 0 Å². The molecule has 2 aromatic heterocycles. The molecule has 5 nitrogen and oxygen atoms in total. The molecular formula is C33H33ClN4O. The Morgan fingerprint density at radius 3 is 2.08 bits per heavy atom. The van der Waals surface area contributed by atoms with Crippen LogP contribution in [0.25, 0.3) is 10.9 Å². The van der Waals surface area contributed by atoms with Gasteiger partial charge in [0.25, 0.3) is 0 Å². The molecule has 6 heteroatoms. The van der Waals surface area contributed by atoms with Gasteiger partial charge in [0.2, 0.25) is 5.56 Å². The van der Waals surface area contributed by atoms with Crippen LogP contribution in [0.4, 0.5) is 0 Å². The Balaban J connectivity index is 0.00000353. The van der Waals surface area contributed by atoms with E-state index in [0.717, 1.165) is 66.6 Å². The summed E-state index contributed by atoms with van der Waals surface area (Å²) in [6, 6.07) is 26.1. The lowest BCUT2D eigenvalue weighted by atomic mass is 10.0. The number of fused-ring (bicyclic) bond motifs is 1. The van der Waals surface area contributed by atoms with Crippen molar-refractivity contribution in [3.63, 3.8) is 0 Å². The van der Waals surface area contributed by atoms with Gasteiger partial charge < -0.3 is 9.88 Å². The number of nitrogens with one attached hydrogen (secondary N) is 1. The predicted molar refractivity (Wildman–Crippen MR) is 161 cm³/mol. The third kappa shape index (κ3) is 8.06. The van der Waals surface area contributed by atoms with Crippen LogP contribution in [0.2, 0.25) is 0 Å². The second-order valence-corrected chi connectivity index (χ2v) is 9.61. The fourth-order valence-electron chi connectivity index (χ4n) is 4.94. The topological polar surface area (TPSA) is 52.2 Å². The number of halogens is 1. The first kappa shape index (κ1) is 28.1. The Bertz CT molecular complexity index is 1460. The van der Waals surface area contributed by atoms with Crippen LogP contribution in [0.15, 0.2) is 89.9 Å². The molecule has 0 bridgehead atoms. The first-order valence-electron chi connectivity index (χ1n) is 13.3. The number of hydrogen-bond acceptors (Lipinski definition) is 4. The number of rotatable bonds is 6. The maximum Gasteiger partial charge on any atom is 0.248 e. The number of aromatic amines is 1. The second kappa shape index (κ2) is 14.3. The summed E-state index contributed by atoms with van der Waals surface area (Å²) in [5.41, 5.74) is 3.81. The van der Waals surface area contributed by atoms with Gasteiger partial charge >= 0.3 is 0 Å². The highest BCUT2D eigenvalue weighted by atomic mass is 35.5. The monoisotopic (exact) mass is 536 g/mol. The predicted octanol–water partition coefficient (Wildman–Crippen LogP) is 4.76. The van der Waals surface area contributed by atoms with Crippen molar-refractivity contribution >= 4 is 23.3 Å². The largest absolute Gasteiger partial charge is 0.320 e. The van der Waals surface area contributed by atoms with Gasteiger partial charge in [-0.05, 0) is 62.3 Å². The van der Waals surface area contributed by atoms with Crippen molar-refractivity contribution in [1.82, 2.24) is 19.8 Å². The van der Waals surface area contributed by atoms with Crippen LogP contribution < -0.4 is 5.56 Å². The zero-order valence-electron chi connectivity index (χ0n) is 22.0. The Morgan fingerprint density at radius 1 is 0.846 bits per heavy atom. The molecule has 2 aromatic carbocycles. The summed E-state index contributed by atoms with van der Waals surface area (Å²) in [4.78, 5) is 24.3. The van der Waals surface area contributed by atoms with Gasteiger partial charge in [-0.3, -0.25) is 14.7 Å². The van der Waals surface area contributed by atoms with E-state index < -0.39 is 0 Å². The van der Waals surface area contributed by atoms with Gasteiger partial charge in [0.1, 0.15) is 0 Å². The van der Waals surface area contributed by atoms with E-state index in [2.05, 4.69) is 43.4 Å². The quantitative estimate of drug-likeness (QED) is 0.361. The van der Waals surface area contributed by atoms with Crippen molar-refractivity contribution in [2.24, 2.45) is 0 Å². The standard InChI is InChI=1S/C33H32N4O.ClH/c38-32-16-15-29-17-21-34-31(33(29)35-32)20-26-36-24-18-30(19-25-36)37(22-7-13-27-9-3-1-4-10-27)23-8-14-28-11-5-2-6-12-28;/h1-6,9-12,15-17,21,30H,18-20,22-26H2,(H,35,38);1H. The second-order valence-electron chi connectivity index (χ2n) is 9.61. The number of piperidine rings is 1. The SMILES string of the molecule is Cl.O=c1ccc2ccnc(CCN3CCC(N(CC#Cc4ccccc4)CC#Cc4ccccc4)CC3)c2[nH]1. The number of nitrogens with zero attached hydrogens (tertiary/aromatic N) is 3. The lowest BCUT2D eigenvalue weighted by molar-refractivity contribution is 0.129. The Labute approximate surface area is 236 Å². The summed E-state index contributed by atoms with van der Waals surface area (Å²) >= 11 is 0. The molecule has 1 fully saturated rings. The zero-order chi connectivity index (χ0) is 26.0. The van der Waals surface area contributed by atoms with Gasteiger partial charge in [0, 0.05) is 47.8 Å². The molecule has 0 saturated carbocycles. The summed E-state index contributed by atoms with van der Waals surface area (Å²) in [6.45, 7) is 4.39. The summed E-state index contributed by atoms with van der Waals surface area (Å²) in [6.07, 6.45) is 4.81. The van der Waals surface area contributed by atoms with Crippen LogP contribution in [0, 0.1) is 23.7 Å². The van der Waals surface area contributed by atoms with E-state index >= 15 is 0 Å². The van der Waals surface area contributed by atoms with Crippen LogP contribution >= 0.6 is 12.4 Å². The Morgan fingerprint density at radius 2 is 1.46 bits per heavy atom. The summed E-state index contributed by atoms with van der Waals surface area (Å²) in [5, 5.41) is 1.03. The zero-order valence-corrected chi connectivity index (χ0v) is 22.8. The smallest absolute Gasteiger partial charge is 0.248 e. The van der Waals surface area contributed by atoms with E-state index in [1.807, 2.05) is 79.0 Å². The molecule has 3 heterocycles. The fraction of sp³-hybridized carbons (Fsp3) is 0.273. The molecule has 4 aromatic rings. The molecule has 0 unspecified atom stereocenters. The molecule has 0 radical (unpaired) electrons. The lowest BCUT2D eigenvalue weighted by Crippen LogP contribution is -2.45. The van der Waals surface area contributed by atoms with Gasteiger partial charge in [0.05, 0.1) is 24.3 Å². The van der Waals surface area contributed by atoms with Crippen LogP contribution in [0.3, 0.4) is 0 Å². The highest BCUT2D eigenvalue weighted by molar-refractivity contribution is 5.85. The summed E-state index contributed by atoms with van der Waals surface area (Å²) in [7, 11) is 0. The summed E-state index contributed by atoms with van der Waals surface area (Å²) < 4.78 is 0. The minimum atomic E-state index is -0.0848. The van der Waals surface area contributed by atoms with Gasteiger partial charge in [0.15, 0.2) is 0 Å². The molecule has 5 rings (SSSR count). The number of hydrogen-bond donors (Lipinski definition) is 1. The average molecular weight is 537 g/mol. The number of aromatic nitrogens is 2. The number of benzene rings is 2. The van der Waals surface area contributed by atoms with E-state index in [9.17, 15) is 4.79 Å². The van der Waals surface area contributed by atoms with Crippen LogP contribution in [-0.4, -0.2) is 58.5 Å². The maximum atomic E-state index is 11.8. The molecule has 198 valence electrons. The number of H-pyrrole nitrogens is 1. The third-order valence-electron chi connectivity index (χ3n) is 7.04. The number of likely N-dealkylation sites (tertiary alicyclic amines) is 1. The highest BCUT2D eigenvalue weighted by Gasteiger charge is 2.24. The van der Waals surface area contributed by atoms with Crippen molar-refractivity contribution in [1.29, 1.82) is 0 Å². The number of pyridine rings is 2. The minimum Gasteiger partial charge on any atom is -0.320 e.